The molecule has 0 saturated heterocycles. The van der Waals surface area contributed by atoms with Gasteiger partial charge in [-0.15, -0.1) is 0 Å². The second kappa shape index (κ2) is 21.3. The van der Waals surface area contributed by atoms with E-state index in [1.807, 2.05) is 27.0 Å². The van der Waals surface area contributed by atoms with Crippen molar-refractivity contribution in [3.05, 3.63) is 84.2 Å². The second-order valence-electron chi connectivity index (χ2n) is 6.52. The van der Waals surface area contributed by atoms with Crippen LogP contribution in [0.2, 0.25) is 0 Å². The van der Waals surface area contributed by atoms with E-state index in [1.165, 1.54) is 36.0 Å². The molecule has 1 N–H and O–H groups in total. The van der Waals surface area contributed by atoms with E-state index in [2.05, 4.69) is 82.4 Å². The Morgan fingerprint density at radius 2 is 1.64 bits per heavy atom. The van der Waals surface area contributed by atoms with Crippen molar-refractivity contribution in [1.82, 2.24) is 4.98 Å². The Kier molecular flexibility index (Phi) is 23.3. The van der Waals surface area contributed by atoms with Crippen molar-refractivity contribution in [2.24, 2.45) is 0 Å². The van der Waals surface area contributed by atoms with Gasteiger partial charge in [-0.05, 0) is 55.4 Å². The highest BCUT2D eigenvalue weighted by Crippen LogP contribution is 2.27. The summed E-state index contributed by atoms with van der Waals surface area (Å²) in [6, 6.07) is 11.0. The summed E-state index contributed by atoms with van der Waals surface area (Å²) in [4.78, 5) is 3.14. The Balaban J connectivity index is -0.000000482. The highest BCUT2D eigenvalue weighted by atomic mass is 14.6. The van der Waals surface area contributed by atoms with E-state index >= 15 is 0 Å². The number of H-pyrrole nitrogens is 1. The fraction of sp³-hybridized carbons (Fsp3) is 0.481. The third-order valence-corrected chi connectivity index (χ3v) is 3.76. The van der Waals surface area contributed by atoms with E-state index in [4.69, 9.17) is 0 Å². The fourth-order valence-corrected chi connectivity index (χ4v) is 2.53. The molecule has 160 valence electrons. The van der Waals surface area contributed by atoms with E-state index < -0.39 is 0 Å². The summed E-state index contributed by atoms with van der Waals surface area (Å²) in [6.07, 6.45) is 10.7. The van der Waals surface area contributed by atoms with Crippen LogP contribution in [0.15, 0.2) is 67.5 Å². The number of benzene rings is 1. The molecule has 1 atom stereocenters. The molecule has 0 saturated carbocycles. The molecular formula is C27H47N. The lowest BCUT2D eigenvalue weighted by molar-refractivity contribution is 0.607. The Hall–Kier alpha value is -2.02. The smallest absolute Gasteiger partial charge is 0.00375 e. The average Bonchev–Trinajstić information content (AvgIpc) is 3.18. The van der Waals surface area contributed by atoms with Crippen LogP contribution in [-0.4, -0.2) is 4.98 Å². The Labute approximate surface area is 177 Å². The van der Waals surface area contributed by atoms with Crippen LogP contribution in [0.5, 0.6) is 0 Å². The highest BCUT2D eigenvalue weighted by molar-refractivity contribution is 5.30. The molecule has 1 aromatic heterocycles. The molecule has 0 aliphatic heterocycles. The van der Waals surface area contributed by atoms with Crippen LogP contribution in [0, 0.1) is 6.92 Å². The molecule has 0 fully saturated rings. The zero-order chi connectivity index (χ0) is 21.1. The van der Waals surface area contributed by atoms with E-state index in [9.17, 15) is 0 Å². The van der Waals surface area contributed by atoms with Gasteiger partial charge < -0.3 is 4.98 Å². The van der Waals surface area contributed by atoms with E-state index in [-0.39, 0.29) is 7.43 Å². The van der Waals surface area contributed by atoms with Crippen LogP contribution in [0.3, 0.4) is 0 Å². The summed E-state index contributed by atoms with van der Waals surface area (Å²) >= 11 is 0. The quantitative estimate of drug-likeness (QED) is 0.477. The maximum atomic E-state index is 3.56. The first-order valence-electron chi connectivity index (χ1n) is 10.4. The van der Waals surface area contributed by atoms with Crippen molar-refractivity contribution in [1.29, 1.82) is 0 Å². The number of hydrogen-bond donors (Lipinski definition) is 1. The van der Waals surface area contributed by atoms with Gasteiger partial charge in [0.1, 0.15) is 0 Å². The van der Waals surface area contributed by atoms with Crippen LogP contribution in [0.25, 0.3) is 0 Å². The molecule has 0 aliphatic carbocycles. The molecule has 0 radical (unpaired) electrons. The predicted molar refractivity (Wildman–Crippen MR) is 132 cm³/mol. The lowest BCUT2D eigenvalue weighted by Crippen LogP contribution is -2.04. The number of aryl methyl sites for hydroxylation is 1. The topological polar surface area (TPSA) is 15.8 Å². The molecule has 0 bridgehead atoms. The number of hydrogen-bond acceptors (Lipinski definition) is 0. The summed E-state index contributed by atoms with van der Waals surface area (Å²) in [6.45, 7) is 21.7. The summed E-state index contributed by atoms with van der Waals surface area (Å²) < 4.78 is 0. The molecular weight excluding hydrogens is 338 g/mol. The minimum atomic E-state index is 0. The van der Waals surface area contributed by atoms with Crippen LogP contribution in [-0.2, 0) is 6.42 Å². The second-order valence-corrected chi connectivity index (χ2v) is 6.52. The zero-order valence-corrected chi connectivity index (χ0v) is 18.9. The van der Waals surface area contributed by atoms with Gasteiger partial charge in [0.2, 0.25) is 0 Å². The predicted octanol–water partition coefficient (Wildman–Crippen LogP) is 9.28. The number of aromatic amines is 1. The molecule has 1 heteroatoms. The molecule has 0 spiro atoms. The first kappa shape index (κ1) is 30.7. The molecule has 28 heavy (non-hydrogen) atoms. The molecule has 0 amide bonds. The minimum absolute atomic E-state index is 0. The first-order chi connectivity index (χ1) is 13.0. The Morgan fingerprint density at radius 1 is 1.11 bits per heavy atom. The third-order valence-electron chi connectivity index (χ3n) is 3.76. The number of rotatable bonds is 6. The van der Waals surface area contributed by atoms with Gasteiger partial charge in [0.05, 0.1) is 0 Å². The van der Waals surface area contributed by atoms with Gasteiger partial charge in [-0.3, -0.25) is 0 Å². The maximum Gasteiger partial charge on any atom is 0.00375 e. The first-order valence-corrected chi connectivity index (χ1v) is 10.4. The van der Waals surface area contributed by atoms with Crippen molar-refractivity contribution >= 4 is 0 Å². The van der Waals surface area contributed by atoms with Crippen molar-refractivity contribution < 1.29 is 0 Å². The van der Waals surface area contributed by atoms with Crippen LogP contribution in [0.1, 0.15) is 90.8 Å². The molecule has 1 nitrogen and oxygen atoms in total. The van der Waals surface area contributed by atoms with E-state index in [0.29, 0.717) is 5.92 Å². The fourth-order valence-electron chi connectivity index (χ4n) is 2.53. The van der Waals surface area contributed by atoms with Crippen molar-refractivity contribution in [3.8, 4) is 0 Å². The molecule has 0 aliphatic rings. The zero-order valence-electron chi connectivity index (χ0n) is 18.9. The van der Waals surface area contributed by atoms with Crippen LogP contribution in [0.4, 0.5) is 0 Å². The normalized spacial score (nSPS) is 9.68. The number of allylic oxidation sites excluding steroid dienone is 2. The van der Waals surface area contributed by atoms with Crippen molar-refractivity contribution in [3.63, 3.8) is 0 Å². The summed E-state index contributed by atoms with van der Waals surface area (Å²) in [5.74, 6) is 0.650. The lowest BCUT2D eigenvalue weighted by Gasteiger charge is -2.18. The van der Waals surface area contributed by atoms with E-state index in [0.717, 1.165) is 12.0 Å². The van der Waals surface area contributed by atoms with Gasteiger partial charge in [0, 0.05) is 12.4 Å². The number of aromatic nitrogens is 1. The SMILES string of the molecule is C.C=CC(=C)C.CC.CCC.CCCC(Cc1cc[nH]c1)c1ccccc1C. The summed E-state index contributed by atoms with van der Waals surface area (Å²) in [7, 11) is 0. The van der Waals surface area contributed by atoms with E-state index in [1.54, 1.807) is 6.08 Å². The summed E-state index contributed by atoms with van der Waals surface area (Å²) in [5.41, 5.74) is 5.36. The lowest BCUT2D eigenvalue weighted by atomic mass is 9.87. The maximum absolute atomic E-state index is 3.56. The molecule has 1 unspecified atom stereocenters. The highest BCUT2D eigenvalue weighted by Gasteiger charge is 2.13. The standard InChI is InChI=1S/C16H21N.C5H8.C3H8.C2H6.CH4/c1-3-6-15(11-14-9-10-17-12-14)16-8-5-4-7-13(16)2;1-4-5(2)3;1-3-2;1-2;/h4-5,7-10,12,15,17H,3,6,11H2,1-2H3;4H,1-2H2,3H3;3H2,1-2H3;1-2H3;1H4. The van der Waals surface area contributed by atoms with Crippen LogP contribution >= 0.6 is 0 Å². The number of nitrogens with one attached hydrogen (secondary N) is 1. The van der Waals surface area contributed by atoms with Gasteiger partial charge in [0.25, 0.3) is 0 Å². The largest absolute Gasteiger partial charge is 0.367 e. The molecule has 1 aromatic carbocycles. The van der Waals surface area contributed by atoms with Crippen molar-refractivity contribution in [2.45, 2.75) is 87.5 Å². The minimum Gasteiger partial charge on any atom is -0.367 e. The van der Waals surface area contributed by atoms with Gasteiger partial charge in [-0.2, -0.15) is 0 Å². The monoisotopic (exact) mass is 385 g/mol. The van der Waals surface area contributed by atoms with Crippen molar-refractivity contribution in [2.75, 3.05) is 0 Å². The molecule has 2 aromatic rings. The third kappa shape index (κ3) is 15.1. The van der Waals surface area contributed by atoms with Gasteiger partial charge >= 0.3 is 0 Å². The Bertz CT molecular complexity index is 578. The summed E-state index contributed by atoms with van der Waals surface area (Å²) in [5, 5.41) is 0. The van der Waals surface area contributed by atoms with Gasteiger partial charge in [-0.25, -0.2) is 0 Å². The average molecular weight is 386 g/mol. The Morgan fingerprint density at radius 3 is 2.04 bits per heavy atom. The van der Waals surface area contributed by atoms with Gasteiger partial charge in [-0.1, -0.05) is 104 Å². The van der Waals surface area contributed by atoms with Crippen LogP contribution < -0.4 is 0 Å². The molecule has 1 heterocycles. The van der Waals surface area contributed by atoms with Gasteiger partial charge in [0.15, 0.2) is 0 Å². The molecule has 2 rings (SSSR count).